The zero-order valence-electron chi connectivity index (χ0n) is 16.4. The summed E-state index contributed by atoms with van der Waals surface area (Å²) in [6, 6.07) is 14.0. The lowest BCUT2D eigenvalue weighted by Crippen LogP contribution is -1.89. The van der Waals surface area contributed by atoms with Gasteiger partial charge in [0.15, 0.2) is 0 Å². The molecule has 6 nitrogen and oxygen atoms in total. The number of aromatic hydroxyl groups is 1. The van der Waals surface area contributed by atoms with E-state index in [1.165, 1.54) is 6.07 Å². The number of halogens is 1. The minimum absolute atomic E-state index is 0.0878. The maximum absolute atomic E-state index is 14.1. The fourth-order valence-electron chi connectivity index (χ4n) is 3.51. The number of nitrogens with zero attached hydrogens (tertiary/aromatic N) is 1. The van der Waals surface area contributed by atoms with Crippen LogP contribution in [0, 0.1) is 12.7 Å². The third kappa shape index (κ3) is 3.77. The van der Waals surface area contributed by atoms with E-state index in [0.29, 0.717) is 40.5 Å². The molecule has 2 N–H and O–H groups in total. The molecule has 0 aliphatic heterocycles. The molecule has 0 radical (unpaired) electrons. The van der Waals surface area contributed by atoms with Crippen molar-refractivity contribution in [3.05, 3.63) is 91.7 Å². The zero-order valence-corrected chi connectivity index (χ0v) is 17.3. The number of oxazole rings is 1. The second kappa shape index (κ2) is 7.55. The Balaban J connectivity index is 1.41. The van der Waals surface area contributed by atoms with Crippen LogP contribution < -0.4 is 4.87 Å². The van der Waals surface area contributed by atoms with Gasteiger partial charge in [-0.1, -0.05) is 29.5 Å². The van der Waals surface area contributed by atoms with Crippen LogP contribution in [-0.2, 0) is 12.8 Å². The first-order valence-corrected chi connectivity index (χ1v) is 10.4. The van der Waals surface area contributed by atoms with Gasteiger partial charge in [-0.3, -0.25) is 9.78 Å². The molecule has 0 atom stereocenters. The van der Waals surface area contributed by atoms with Gasteiger partial charge in [0, 0.05) is 11.8 Å². The van der Waals surface area contributed by atoms with Gasteiger partial charge < -0.3 is 13.9 Å². The summed E-state index contributed by atoms with van der Waals surface area (Å²) in [5.41, 5.74) is 2.67. The molecule has 5 rings (SSSR count). The first kappa shape index (κ1) is 19.3. The second-order valence-corrected chi connectivity index (χ2v) is 8.29. The Morgan fingerprint density at radius 1 is 1.13 bits per heavy atom. The standard InChI is InChI=1S/C23H17FN2O4S/c1-12-18(25-22(29-12)16-4-2-3-5-17(16)24)11-15-10-14-8-13(6-7-19(14)30-15)9-20-21(27)26-23(28)31-20/h2-8,10,27H,9,11H2,1H3,(H,26,28). The highest BCUT2D eigenvalue weighted by Gasteiger charge is 2.17. The highest BCUT2D eigenvalue weighted by atomic mass is 32.1. The molecular weight excluding hydrogens is 419 g/mol. The van der Waals surface area contributed by atoms with Crippen LogP contribution in [0.4, 0.5) is 4.39 Å². The molecule has 0 aliphatic rings. The van der Waals surface area contributed by atoms with Gasteiger partial charge >= 0.3 is 4.87 Å². The lowest BCUT2D eigenvalue weighted by molar-refractivity contribution is 0.451. The van der Waals surface area contributed by atoms with Crippen molar-refractivity contribution in [3.8, 4) is 17.3 Å². The minimum Gasteiger partial charge on any atom is -0.494 e. The molecule has 0 unspecified atom stereocenters. The topological polar surface area (TPSA) is 92.3 Å². The van der Waals surface area contributed by atoms with Gasteiger partial charge in [-0.15, -0.1) is 0 Å². The van der Waals surface area contributed by atoms with Crippen molar-refractivity contribution in [1.82, 2.24) is 9.97 Å². The molecular formula is C23H17FN2O4S. The molecule has 156 valence electrons. The summed E-state index contributed by atoms with van der Waals surface area (Å²) < 4.78 is 25.7. The lowest BCUT2D eigenvalue weighted by Gasteiger charge is -1.99. The number of furan rings is 1. The van der Waals surface area contributed by atoms with Gasteiger partial charge in [-0.2, -0.15) is 0 Å². The largest absolute Gasteiger partial charge is 0.494 e. The predicted molar refractivity (Wildman–Crippen MR) is 115 cm³/mol. The van der Waals surface area contributed by atoms with E-state index in [4.69, 9.17) is 8.83 Å². The van der Waals surface area contributed by atoms with Crippen LogP contribution in [0.15, 0.2) is 62.2 Å². The van der Waals surface area contributed by atoms with Crippen molar-refractivity contribution in [2.45, 2.75) is 19.8 Å². The van der Waals surface area contributed by atoms with Crippen molar-refractivity contribution in [3.63, 3.8) is 0 Å². The van der Waals surface area contributed by atoms with E-state index < -0.39 is 0 Å². The van der Waals surface area contributed by atoms with Crippen molar-refractivity contribution < 1.29 is 18.3 Å². The van der Waals surface area contributed by atoms with Crippen LogP contribution >= 0.6 is 11.3 Å². The third-order valence-electron chi connectivity index (χ3n) is 5.04. The third-order valence-corrected chi connectivity index (χ3v) is 5.91. The Kier molecular flexibility index (Phi) is 4.71. The van der Waals surface area contributed by atoms with Gasteiger partial charge in [0.05, 0.1) is 22.6 Å². The van der Waals surface area contributed by atoms with Gasteiger partial charge in [0.1, 0.15) is 22.9 Å². The van der Waals surface area contributed by atoms with Crippen LogP contribution in [-0.4, -0.2) is 15.1 Å². The van der Waals surface area contributed by atoms with E-state index in [2.05, 4.69) is 9.97 Å². The number of aromatic amines is 1. The molecule has 5 aromatic rings. The Bertz CT molecular complexity index is 1460. The summed E-state index contributed by atoms with van der Waals surface area (Å²) >= 11 is 0.995. The average molecular weight is 436 g/mol. The number of thiazole rings is 1. The smallest absolute Gasteiger partial charge is 0.307 e. The first-order chi connectivity index (χ1) is 15.0. The monoisotopic (exact) mass is 436 g/mol. The van der Waals surface area contributed by atoms with Gasteiger partial charge in [0.2, 0.25) is 11.8 Å². The molecule has 2 aromatic carbocycles. The number of hydrogen-bond acceptors (Lipinski definition) is 6. The number of nitrogens with one attached hydrogen (secondary N) is 1. The fraction of sp³-hybridized carbons (Fsp3) is 0.130. The second-order valence-electron chi connectivity index (χ2n) is 7.23. The number of hydrogen-bond donors (Lipinski definition) is 2. The number of fused-ring (bicyclic) bond motifs is 1. The van der Waals surface area contributed by atoms with Gasteiger partial charge in [-0.25, -0.2) is 9.37 Å². The summed E-state index contributed by atoms with van der Waals surface area (Å²) in [4.78, 5) is 18.5. The minimum atomic E-state index is -0.384. The number of benzene rings is 2. The molecule has 0 aliphatic carbocycles. The lowest BCUT2D eigenvalue weighted by atomic mass is 10.1. The molecule has 31 heavy (non-hydrogen) atoms. The summed E-state index contributed by atoms with van der Waals surface area (Å²) in [6.07, 6.45) is 0.855. The summed E-state index contributed by atoms with van der Waals surface area (Å²) in [5, 5.41) is 10.7. The van der Waals surface area contributed by atoms with Crippen LogP contribution in [0.25, 0.3) is 22.4 Å². The molecule has 0 saturated heterocycles. The highest BCUT2D eigenvalue weighted by Crippen LogP contribution is 2.28. The zero-order chi connectivity index (χ0) is 21.5. The van der Waals surface area contributed by atoms with E-state index in [-0.39, 0.29) is 22.5 Å². The number of rotatable bonds is 5. The average Bonchev–Trinajstić information content (AvgIpc) is 3.39. The molecule has 0 saturated carbocycles. The summed E-state index contributed by atoms with van der Waals surface area (Å²) in [7, 11) is 0. The maximum atomic E-state index is 14.1. The van der Waals surface area contributed by atoms with E-state index in [1.807, 2.05) is 24.3 Å². The maximum Gasteiger partial charge on any atom is 0.307 e. The van der Waals surface area contributed by atoms with Crippen LogP contribution in [0.2, 0.25) is 0 Å². The molecule has 3 heterocycles. The Morgan fingerprint density at radius 2 is 1.97 bits per heavy atom. The Hall–Kier alpha value is -3.65. The van der Waals surface area contributed by atoms with Crippen LogP contribution in [0.1, 0.15) is 27.7 Å². The van der Waals surface area contributed by atoms with Crippen molar-refractivity contribution >= 4 is 22.3 Å². The van der Waals surface area contributed by atoms with E-state index in [1.54, 1.807) is 25.1 Å². The SMILES string of the molecule is Cc1oc(-c2ccccc2F)nc1Cc1cc2cc(Cc3sc(=O)[nH]c3O)ccc2o1. The van der Waals surface area contributed by atoms with Crippen molar-refractivity contribution in [2.24, 2.45) is 0 Å². The summed E-state index contributed by atoms with van der Waals surface area (Å²) in [6.45, 7) is 1.79. The number of aromatic nitrogens is 2. The fourth-order valence-corrected chi connectivity index (χ4v) is 4.27. The normalized spacial score (nSPS) is 11.4. The molecule has 0 amide bonds. The Labute approximate surface area is 179 Å². The quantitative estimate of drug-likeness (QED) is 0.396. The number of H-pyrrole nitrogens is 1. The highest BCUT2D eigenvalue weighted by molar-refractivity contribution is 7.09. The van der Waals surface area contributed by atoms with E-state index in [0.717, 1.165) is 27.9 Å². The summed E-state index contributed by atoms with van der Waals surface area (Å²) in [5.74, 6) is 1.09. The van der Waals surface area contributed by atoms with Crippen LogP contribution in [0.3, 0.4) is 0 Å². The van der Waals surface area contributed by atoms with Gasteiger partial charge in [-0.05, 0) is 42.8 Å². The first-order valence-electron chi connectivity index (χ1n) is 9.60. The predicted octanol–water partition coefficient (Wildman–Crippen LogP) is 5.17. The van der Waals surface area contributed by atoms with E-state index in [9.17, 15) is 14.3 Å². The van der Waals surface area contributed by atoms with Crippen molar-refractivity contribution in [1.29, 1.82) is 0 Å². The molecule has 0 spiro atoms. The van der Waals surface area contributed by atoms with Gasteiger partial charge in [0.25, 0.3) is 0 Å². The molecule has 3 aromatic heterocycles. The van der Waals surface area contributed by atoms with E-state index >= 15 is 0 Å². The van der Waals surface area contributed by atoms with Crippen molar-refractivity contribution in [2.75, 3.05) is 0 Å². The molecule has 8 heteroatoms. The molecule has 0 bridgehead atoms. The van der Waals surface area contributed by atoms with Crippen LogP contribution in [0.5, 0.6) is 5.88 Å². The molecule has 0 fully saturated rings. The number of aryl methyl sites for hydroxylation is 1. The Morgan fingerprint density at radius 3 is 2.74 bits per heavy atom.